The summed E-state index contributed by atoms with van der Waals surface area (Å²) in [6.07, 6.45) is 0. The Hall–Kier alpha value is -3.47. The summed E-state index contributed by atoms with van der Waals surface area (Å²) in [5.41, 5.74) is 7.02. The van der Waals surface area contributed by atoms with Crippen LogP contribution in [0.25, 0.3) is 11.1 Å². The molecule has 2 aromatic carbocycles. The minimum absolute atomic E-state index is 0.0542. The van der Waals surface area contributed by atoms with Crippen molar-refractivity contribution in [3.8, 4) is 11.1 Å². The lowest BCUT2D eigenvalue weighted by Gasteiger charge is -2.10. The minimum atomic E-state index is -0.594. The van der Waals surface area contributed by atoms with Gasteiger partial charge in [0.05, 0.1) is 20.4 Å². The van der Waals surface area contributed by atoms with Gasteiger partial charge in [-0.1, -0.05) is 35.3 Å². The van der Waals surface area contributed by atoms with Crippen molar-refractivity contribution in [2.75, 3.05) is 24.1 Å². The van der Waals surface area contributed by atoms with Crippen molar-refractivity contribution < 1.29 is 9.85 Å². The van der Waals surface area contributed by atoms with Crippen LogP contribution in [0.3, 0.4) is 0 Å². The predicted octanol–water partition coefficient (Wildman–Crippen LogP) is 4.66. The highest BCUT2D eigenvalue weighted by atomic mass is 35.5. The van der Waals surface area contributed by atoms with Crippen molar-refractivity contribution in [3.05, 3.63) is 84.4 Å². The number of nitro benzene ring substituents is 1. The maximum Gasteiger partial charge on any atom is 0.311 e. The van der Waals surface area contributed by atoms with Crippen LogP contribution in [0.5, 0.6) is 0 Å². The monoisotopic (exact) mass is 476 g/mol. The van der Waals surface area contributed by atoms with Gasteiger partial charge in [-0.05, 0) is 29.8 Å². The quantitative estimate of drug-likeness (QED) is 0.229. The molecule has 0 amide bonds. The first kappa shape index (κ1) is 23.2. The molecule has 12 heteroatoms. The Balaban J connectivity index is 1.63. The van der Waals surface area contributed by atoms with E-state index in [0.29, 0.717) is 46.6 Å². The molecule has 0 bridgehead atoms. The molecule has 4 N–H and O–H groups in total. The maximum absolute atomic E-state index is 11.5. The van der Waals surface area contributed by atoms with Crippen LogP contribution in [0.15, 0.2) is 48.5 Å². The largest absolute Gasteiger partial charge is 0.378 e. The lowest BCUT2D eigenvalue weighted by molar-refractivity contribution is -0.384. The zero-order valence-electron chi connectivity index (χ0n) is 16.5. The van der Waals surface area contributed by atoms with Gasteiger partial charge in [-0.25, -0.2) is 4.98 Å². The molecule has 0 aliphatic carbocycles. The molecule has 0 fully saturated rings. The van der Waals surface area contributed by atoms with E-state index in [2.05, 4.69) is 15.6 Å². The first-order valence-corrected chi connectivity index (χ1v) is 10.1. The molecule has 0 saturated carbocycles. The first-order chi connectivity index (χ1) is 15.3. The fraction of sp³-hybridized carbons (Fsp3) is 0.150. The van der Waals surface area contributed by atoms with E-state index in [0.717, 1.165) is 5.56 Å². The molecule has 0 unspecified atom stereocenters. The Morgan fingerprint density at radius 3 is 2.28 bits per heavy atom. The molecule has 0 radical (unpaired) electrons. The second kappa shape index (κ2) is 10.2. The number of nitrogens with one attached hydrogen (secondary N) is 2. The summed E-state index contributed by atoms with van der Waals surface area (Å²) in [5.74, 6) is 0.261. The third-order valence-electron chi connectivity index (χ3n) is 4.52. The molecule has 3 rings (SSSR count). The van der Waals surface area contributed by atoms with Crippen molar-refractivity contribution in [1.82, 2.24) is 10.3 Å². The molecule has 3 aromatic rings. The molecule has 0 spiro atoms. The second-order valence-corrected chi connectivity index (χ2v) is 7.54. The van der Waals surface area contributed by atoms with E-state index in [1.54, 1.807) is 24.3 Å². The molecule has 0 atom stereocenters. The highest BCUT2D eigenvalue weighted by molar-refractivity contribution is 6.36. The molecule has 0 aliphatic heterocycles. The topological polar surface area (TPSA) is 149 Å². The Bertz CT molecular complexity index is 1170. The summed E-state index contributed by atoms with van der Waals surface area (Å²) in [5, 5.41) is 29.2. The Labute approximate surface area is 192 Å². The standard InChI is InChI=1S/C20H18Cl2N6O4/c21-13-2-3-14(16(22)10-13)15-9-12(1-4-17(15)27(29)30)11-24-7-8-25-19-6-5-18(28(31)32)20(23)26-19/h1-6,9-10,24H,7-8,11H2,(H3,23,25,26). The van der Waals surface area contributed by atoms with Gasteiger partial charge >= 0.3 is 5.69 Å². The van der Waals surface area contributed by atoms with Crippen LogP contribution in [0.4, 0.5) is 23.0 Å². The molecule has 0 aliphatic rings. The fourth-order valence-electron chi connectivity index (χ4n) is 3.01. The van der Waals surface area contributed by atoms with E-state index < -0.39 is 9.85 Å². The Morgan fingerprint density at radius 1 is 0.906 bits per heavy atom. The van der Waals surface area contributed by atoms with E-state index >= 15 is 0 Å². The van der Waals surface area contributed by atoms with E-state index in [1.165, 1.54) is 24.3 Å². The summed E-state index contributed by atoms with van der Waals surface area (Å²) in [6, 6.07) is 12.4. The molecule has 32 heavy (non-hydrogen) atoms. The van der Waals surface area contributed by atoms with E-state index in [9.17, 15) is 20.2 Å². The number of hydrogen-bond donors (Lipinski definition) is 3. The number of nitrogen functional groups attached to an aromatic ring is 1. The number of pyridine rings is 1. The summed E-state index contributed by atoms with van der Waals surface area (Å²) in [6.45, 7) is 1.47. The van der Waals surface area contributed by atoms with Crippen molar-refractivity contribution in [2.24, 2.45) is 0 Å². The van der Waals surface area contributed by atoms with Gasteiger partial charge in [0.1, 0.15) is 5.82 Å². The number of nitro groups is 2. The summed E-state index contributed by atoms with van der Waals surface area (Å²) in [4.78, 5) is 25.1. The highest BCUT2D eigenvalue weighted by Crippen LogP contribution is 2.36. The summed E-state index contributed by atoms with van der Waals surface area (Å²) < 4.78 is 0. The molecule has 10 nitrogen and oxygen atoms in total. The van der Waals surface area contributed by atoms with Gasteiger partial charge in [-0.15, -0.1) is 0 Å². The van der Waals surface area contributed by atoms with Crippen LogP contribution in [-0.2, 0) is 6.54 Å². The maximum atomic E-state index is 11.5. The number of benzene rings is 2. The van der Waals surface area contributed by atoms with Gasteiger partial charge in [0.25, 0.3) is 5.69 Å². The fourth-order valence-corrected chi connectivity index (χ4v) is 3.52. The van der Waals surface area contributed by atoms with Crippen molar-refractivity contribution >= 4 is 46.2 Å². The number of nitrogens with zero attached hydrogens (tertiary/aromatic N) is 3. The van der Waals surface area contributed by atoms with Crippen molar-refractivity contribution in [1.29, 1.82) is 0 Å². The van der Waals surface area contributed by atoms with Gasteiger partial charge in [0.2, 0.25) is 5.82 Å². The van der Waals surface area contributed by atoms with Crippen molar-refractivity contribution in [3.63, 3.8) is 0 Å². The van der Waals surface area contributed by atoms with E-state index in [1.807, 2.05) is 0 Å². The average Bonchev–Trinajstić information content (AvgIpc) is 2.73. The van der Waals surface area contributed by atoms with Crippen LogP contribution in [0, 0.1) is 20.2 Å². The smallest absolute Gasteiger partial charge is 0.311 e. The van der Waals surface area contributed by atoms with Crippen molar-refractivity contribution in [2.45, 2.75) is 6.54 Å². The van der Waals surface area contributed by atoms with Crippen LogP contribution >= 0.6 is 23.2 Å². The minimum Gasteiger partial charge on any atom is -0.378 e. The highest BCUT2D eigenvalue weighted by Gasteiger charge is 2.18. The lowest BCUT2D eigenvalue weighted by atomic mass is 10.0. The molecular weight excluding hydrogens is 459 g/mol. The molecule has 0 saturated heterocycles. The number of anilines is 2. The molecule has 1 aromatic heterocycles. The number of hydrogen-bond acceptors (Lipinski definition) is 8. The number of rotatable bonds is 9. The first-order valence-electron chi connectivity index (χ1n) is 9.34. The SMILES string of the molecule is Nc1nc(NCCNCc2ccc([N+](=O)[O-])c(-c3ccc(Cl)cc3Cl)c2)ccc1[N+](=O)[O-]. The third kappa shape index (κ3) is 5.61. The predicted molar refractivity (Wildman–Crippen MR) is 124 cm³/mol. The lowest BCUT2D eigenvalue weighted by Crippen LogP contribution is -2.22. The van der Waals surface area contributed by atoms with E-state index in [4.69, 9.17) is 28.9 Å². The zero-order valence-corrected chi connectivity index (χ0v) is 18.1. The normalized spacial score (nSPS) is 10.7. The molecule has 1 heterocycles. The van der Waals surface area contributed by atoms with Crippen LogP contribution in [0.1, 0.15) is 5.56 Å². The average molecular weight is 477 g/mol. The molecular formula is C20H18Cl2N6O4. The second-order valence-electron chi connectivity index (χ2n) is 6.69. The van der Waals surface area contributed by atoms with Gasteiger partial charge in [-0.3, -0.25) is 20.2 Å². The van der Waals surface area contributed by atoms with Crippen LogP contribution < -0.4 is 16.4 Å². The zero-order chi connectivity index (χ0) is 23.3. The number of aromatic nitrogens is 1. The number of halogens is 2. The third-order valence-corrected chi connectivity index (χ3v) is 5.06. The van der Waals surface area contributed by atoms with Crippen LogP contribution in [0.2, 0.25) is 10.0 Å². The van der Waals surface area contributed by atoms with Gasteiger partial charge in [-0.2, -0.15) is 0 Å². The number of nitrogens with two attached hydrogens (primary N) is 1. The molecule has 166 valence electrons. The Kier molecular flexibility index (Phi) is 7.41. The Morgan fingerprint density at radius 2 is 1.62 bits per heavy atom. The summed E-state index contributed by atoms with van der Waals surface area (Å²) in [7, 11) is 0. The van der Waals surface area contributed by atoms with Gasteiger partial charge in [0.15, 0.2) is 0 Å². The van der Waals surface area contributed by atoms with Gasteiger partial charge < -0.3 is 16.4 Å². The van der Waals surface area contributed by atoms with Crippen LogP contribution in [-0.4, -0.2) is 27.9 Å². The van der Waals surface area contributed by atoms with E-state index in [-0.39, 0.29) is 17.2 Å². The van der Waals surface area contributed by atoms with Gasteiger partial charge in [0, 0.05) is 42.4 Å². The summed E-state index contributed by atoms with van der Waals surface area (Å²) >= 11 is 12.2.